The number of anilines is 1. The predicted molar refractivity (Wildman–Crippen MR) is 103 cm³/mol. The Bertz CT molecular complexity index is 998. The average Bonchev–Trinajstić information content (AvgIpc) is 3.22. The number of para-hydroxylation sites is 2. The second-order valence-corrected chi connectivity index (χ2v) is 6.47. The normalized spacial score (nSPS) is 11.5. The second-order valence-electron chi connectivity index (χ2n) is 6.47. The van der Waals surface area contributed by atoms with Crippen LogP contribution < -0.4 is 5.32 Å². The lowest BCUT2D eigenvalue weighted by molar-refractivity contribution is 0.771. The number of hydrogen-bond acceptors (Lipinski definition) is 5. The summed E-state index contributed by atoms with van der Waals surface area (Å²) >= 11 is 0. The Morgan fingerprint density at radius 1 is 1.12 bits per heavy atom. The largest absolute Gasteiger partial charge is 0.369 e. The maximum absolute atomic E-state index is 4.68. The van der Waals surface area contributed by atoms with Crippen LogP contribution in [0.4, 0.5) is 5.82 Å². The average molecular weight is 349 g/mol. The van der Waals surface area contributed by atoms with Gasteiger partial charge in [-0.1, -0.05) is 19.1 Å². The summed E-state index contributed by atoms with van der Waals surface area (Å²) in [5.41, 5.74) is 2.99. The number of aromatic amines is 1. The Labute approximate surface area is 151 Å². The minimum atomic E-state index is 0.823. The van der Waals surface area contributed by atoms with Gasteiger partial charge in [-0.2, -0.15) is 5.10 Å². The van der Waals surface area contributed by atoms with E-state index in [1.807, 2.05) is 31.4 Å². The molecule has 7 heteroatoms. The van der Waals surface area contributed by atoms with Crippen molar-refractivity contribution in [3.8, 4) is 0 Å². The Morgan fingerprint density at radius 3 is 2.85 bits per heavy atom. The van der Waals surface area contributed by atoms with Crippen molar-refractivity contribution in [2.24, 2.45) is 7.05 Å². The topological polar surface area (TPSA) is 84.3 Å². The van der Waals surface area contributed by atoms with E-state index in [1.165, 1.54) is 0 Å². The molecule has 26 heavy (non-hydrogen) atoms. The third-order valence-electron chi connectivity index (χ3n) is 4.43. The van der Waals surface area contributed by atoms with E-state index in [4.69, 9.17) is 0 Å². The van der Waals surface area contributed by atoms with Crippen molar-refractivity contribution < 1.29 is 0 Å². The second kappa shape index (κ2) is 7.11. The Morgan fingerprint density at radius 2 is 2.00 bits per heavy atom. The van der Waals surface area contributed by atoms with E-state index in [1.54, 1.807) is 4.68 Å². The van der Waals surface area contributed by atoms with Crippen LogP contribution in [0.3, 0.4) is 0 Å². The third-order valence-corrected chi connectivity index (χ3v) is 4.43. The van der Waals surface area contributed by atoms with Crippen LogP contribution in [-0.4, -0.2) is 36.3 Å². The van der Waals surface area contributed by atoms with Gasteiger partial charge in [0.2, 0.25) is 0 Å². The van der Waals surface area contributed by atoms with Crippen molar-refractivity contribution in [3.05, 3.63) is 42.1 Å². The van der Waals surface area contributed by atoms with Crippen LogP contribution in [0, 0.1) is 0 Å². The summed E-state index contributed by atoms with van der Waals surface area (Å²) in [5, 5.41) is 8.74. The van der Waals surface area contributed by atoms with Gasteiger partial charge in [0.1, 0.15) is 17.5 Å². The van der Waals surface area contributed by atoms with Gasteiger partial charge in [-0.15, -0.1) is 0 Å². The first-order valence-electron chi connectivity index (χ1n) is 9.10. The van der Waals surface area contributed by atoms with E-state index >= 15 is 0 Å². The number of nitrogens with zero attached hydrogens (tertiary/aromatic N) is 5. The van der Waals surface area contributed by atoms with Crippen molar-refractivity contribution in [1.82, 2.24) is 29.7 Å². The van der Waals surface area contributed by atoms with E-state index < -0.39 is 0 Å². The highest BCUT2D eigenvalue weighted by Crippen LogP contribution is 2.20. The molecule has 0 aliphatic carbocycles. The van der Waals surface area contributed by atoms with Gasteiger partial charge in [0.05, 0.1) is 22.6 Å². The van der Waals surface area contributed by atoms with Crippen LogP contribution in [-0.2, 0) is 19.9 Å². The molecule has 0 spiro atoms. The lowest BCUT2D eigenvalue weighted by Crippen LogP contribution is -2.08. The molecule has 4 rings (SSSR count). The van der Waals surface area contributed by atoms with E-state index in [0.29, 0.717) is 0 Å². The smallest absolute Gasteiger partial charge is 0.163 e. The molecule has 4 aromatic rings. The first-order chi connectivity index (χ1) is 12.7. The molecule has 0 radical (unpaired) electrons. The van der Waals surface area contributed by atoms with Gasteiger partial charge in [0.15, 0.2) is 5.65 Å². The van der Waals surface area contributed by atoms with Crippen molar-refractivity contribution >= 4 is 27.9 Å². The summed E-state index contributed by atoms with van der Waals surface area (Å²) in [4.78, 5) is 17.3. The maximum Gasteiger partial charge on any atom is 0.163 e. The monoisotopic (exact) mass is 349 g/mol. The molecule has 0 aliphatic heterocycles. The lowest BCUT2D eigenvalue weighted by Gasteiger charge is -2.08. The van der Waals surface area contributed by atoms with E-state index in [-0.39, 0.29) is 0 Å². The number of rotatable bonds is 7. The fourth-order valence-corrected chi connectivity index (χ4v) is 3.12. The zero-order valence-corrected chi connectivity index (χ0v) is 15.2. The number of fused-ring (bicyclic) bond motifs is 2. The highest BCUT2D eigenvalue weighted by molar-refractivity contribution is 5.86. The highest BCUT2D eigenvalue weighted by Gasteiger charge is 2.11. The molecule has 0 aliphatic rings. The quantitative estimate of drug-likeness (QED) is 0.500. The number of H-pyrrole nitrogens is 1. The molecule has 0 saturated heterocycles. The Kier molecular flexibility index (Phi) is 4.51. The zero-order valence-electron chi connectivity index (χ0n) is 15.2. The summed E-state index contributed by atoms with van der Waals surface area (Å²) < 4.78 is 1.80. The van der Waals surface area contributed by atoms with Gasteiger partial charge in [-0.05, 0) is 25.0 Å². The Balaban J connectivity index is 1.44. The summed E-state index contributed by atoms with van der Waals surface area (Å²) in [6.07, 6.45) is 5.58. The van der Waals surface area contributed by atoms with Crippen molar-refractivity contribution in [2.45, 2.75) is 32.6 Å². The van der Waals surface area contributed by atoms with Gasteiger partial charge < -0.3 is 10.3 Å². The molecule has 134 valence electrons. The van der Waals surface area contributed by atoms with Gasteiger partial charge in [0, 0.05) is 26.4 Å². The predicted octanol–water partition coefficient (Wildman–Crippen LogP) is 3.24. The van der Waals surface area contributed by atoms with E-state index in [2.05, 4.69) is 43.3 Å². The van der Waals surface area contributed by atoms with Crippen LogP contribution >= 0.6 is 0 Å². The van der Waals surface area contributed by atoms with E-state index in [0.717, 1.165) is 71.8 Å². The molecule has 0 fully saturated rings. The molecule has 7 nitrogen and oxygen atoms in total. The third kappa shape index (κ3) is 3.24. The maximum atomic E-state index is 4.68. The number of nitrogens with one attached hydrogen (secondary N) is 2. The molecule has 0 bridgehead atoms. The molecule has 1 aromatic carbocycles. The summed E-state index contributed by atoms with van der Waals surface area (Å²) in [7, 11) is 1.91. The van der Waals surface area contributed by atoms with Crippen LogP contribution in [0.5, 0.6) is 0 Å². The Hall–Kier alpha value is -2.96. The summed E-state index contributed by atoms with van der Waals surface area (Å²) in [5.74, 6) is 2.76. The van der Waals surface area contributed by atoms with E-state index in [9.17, 15) is 0 Å². The van der Waals surface area contributed by atoms with Gasteiger partial charge >= 0.3 is 0 Å². The van der Waals surface area contributed by atoms with Crippen molar-refractivity contribution in [1.29, 1.82) is 0 Å². The number of hydrogen-bond donors (Lipinski definition) is 2. The minimum Gasteiger partial charge on any atom is -0.369 e. The summed E-state index contributed by atoms with van der Waals surface area (Å²) in [6.45, 7) is 2.96. The standard InChI is InChI=1S/C19H23N7/c1-3-7-16-24-18(13-12-21-26(2)19(13)25-16)20-11-6-10-17-22-14-8-4-5-9-15(14)23-17/h4-5,8-9,12H,3,6-7,10-11H2,1-2H3,(H,22,23)(H,20,24,25). The number of benzene rings is 1. The number of aromatic nitrogens is 6. The molecule has 3 heterocycles. The first kappa shape index (κ1) is 16.5. The zero-order chi connectivity index (χ0) is 17.9. The molecule has 0 atom stereocenters. The SMILES string of the molecule is CCCc1nc(NCCCc2nc3ccccc3[nH]2)c2cnn(C)c2n1. The van der Waals surface area contributed by atoms with Crippen LogP contribution in [0.25, 0.3) is 22.1 Å². The lowest BCUT2D eigenvalue weighted by atomic mass is 10.3. The first-order valence-corrected chi connectivity index (χ1v) is 9.10. The molecule has 0 saturated carbocycles. The fourth-order valence-electron chi connectivity index (χ4n) is 3.12. The van der Waals surface area contributed by atoms with Crippen molar-refractivity contribution in [2.75, 3.05) is 11.9 Å². The molecule has 3 aromatic heterocycles. The van der Waals surface area contributed by atoms with Crippen LogP contribution in [0.2, 0.25) is 0 Å². The fraction of sp³-hybridized carbons (Fsp3) is 0.368. The molecular formula is C19H23N7. The van der Waals surface area contributed by atoms with Gasteiger partial charge in [-0.3, -0.25) is 4.68 Å². The van der Waals surface area contributed by atoms with Gasteiger partial charge in [0.25, 0.3) is 0 Å². The molecular weight excluding hydrogens is 326 g/mol. The summed E-state index contributed by atoms with van der Waals surface area (Å²) in [6, 6.07) is 8.12. The molecule has 0 unspecified atom stereocenters. The van der Waals surface area contributed by atoms with Crippen LogP contribution in [0.1, 0.15) is 31.4 Å². The minimum absolute atomic E-state index is 0.823. The van der Waals surface area contributed by atoms with Gasteiger partial charge in [-0.25, -0.2) is 15.0 Å². The molecule has 0 amide bonds. The molecule has 2 N–H and O–H groups in total. The number of aryl methyl sites for hydroxylation is 3. The highest BCUT2D eigenvalue weighted by atomic mass is 15.3. The van der Waals surface area contributed by atoms with Crippen molar-refractivity contribution in [3.63, 3.8) is 0 Å². The number of imidazole rings is 1. The van der Waals surface area contributed by atoms with Crippen LogP contribution in [0.15, 0.2) is 30.5 Å².